The molecule has 4 aromatic heterocycles. The summed E-state index contributed by atoms with van der Waals surface area (Å²) in [6.45, 7) is 10.0. The Morgan fingerprint density at radius 2 is 1.70 bits per heavy atom. The van der Waals surface area contributed by atoms with E-state index in [9.17, 15) is 5.26 Å². The Labute approximate surface area is 333 Å². The van der Waals surface area contributed by atoms with Crippen molar-refractivity contribution in [1.82, 2.24) is 24.7 Å². The van der Waals surface area contributed by atoms with Crippen molar-refractivity contribution < 1.29 is 13.9 Å². The molecule has 0 saturated carbocycles. The fourth-order valence-electron chi connectivity index (χ4n) is 6.74. The molecule has 0 spiro atoms. The second kappa shape index (κ2) is 15.0. The van der Waals surface area contributed by atoms with Crippen LogP contribution in [-0.2, 0) is 10.2 Å². The van der Waals surface area contributed by atoms with E-state index in [0.29, 0.717) is 45.0 Å². The maximum absolute atomic E-state index is 10.6. The molecule has 3 aromatic carbocycles. The van der Waals surface area contributed by atoms with Crippen LogP contribution in [0.3, 0.4) is 0 Å². The summed E-state index contributed by atoms with van der Waals surface area (Å²) in [7, 11) is 3.30. The van der Waals surface area contributed by atoms with Crippen molar-refractivity contribution in [2.24, 2.45) is 16.1 Å². The normalized spacial score (nSPS) is 15.6. The van der Waals surface area contributed by atoms with Gasteiger partial charge in [-0.25, -0.2) is 9.97 Å². The number of nitrogens with one attached hydrogen (secondary N) is 1. The molecule has 2 atom stereocenters. The number of methoxy groups -OCH3 is 2. The minimum Gasteiger partial charge on any atom is -0.499 e. The lowest BCUT2D eigenvalue weighted by molar-refractivity contribution is 0.256. The van der Waals surface area contributed by atoms with Crippen LogP contribution < -0.4 is 15.0 Å². The highest BCUT2D eigenvalue weighted by Gasteiger charge is 2.31. The number of rotatable bonds is 10. The zero-order chi connectivity index (χ0) is 39.8. The molecule has 286 valence electrons. The van der Waals surface area contributed by atoms with Gasteiger partial charge in [-0.2, -0.15) is 20.0 Å². The number of aromatic nitrogens is 5. The molecule has 0 radical (unpaired) electrons. The number of oxazole rings is 1. The van der Waals surface area contributed by atoms with E-state index < -0.39 is 5.41 Å². The van der Waals surface area contributed by atoms with Crippen molar-refractivity contribution >= 4 is 66.6 Å². The van der Waals surface area contributed by atoms with Crippen molar-refractivity contribution in [2.75, 3.05) is 24.4 Å². The van der Waals surface area contributed by atoms with Gasteiger partial charge in [0.1, 0.15) is 40.2 Å². The van der Waals surface area contributed by atoms with Gasteiger partial charge >= 0.3 is 6.01 Å². The molecule has 0 bridgehead atoms. The lowest BCUT2D eigenvalue weighted by Gasteiger charge is -2.29. The van der Waals surface area contributed by atoms with Crippen molar-refractivity contribution in [3.63, 3.8) is 0 Å². The molecule has 0 aliphatic heterocycles. The lowest BCUT2D eigenvalue weighted by atomic mass is 9.90. The predicted molar refractivity (Wildman–Crippen MR) is 223 cm³/mol. The van der Waals surface area contributed by atoms with Crippen LogP contribution in [0, 0.1) is 24.2 Å². The van der Waals surface area contributed by atoms with Crippen molar-refractivity contribution in [3.8, 4) is 17.8 Å². The molecule has 13 nitrogen and oxygen atoms in total. The standard InChI is InChI=1S/C43H40N10O3S/c1-25-15-14-21-33(55-7)36(25)48-39-37(49-50-40-27(24-44)38(43(3,4)5)51-53(40)41-45-28-16-8-11-19-31(28)56-41)26(2)23-35(47-39)52(30-18-10-12-20-32(30)54-6)42-46-29-17-9-13-22-34(29)57-42/h8-23,25,36H,1-7H3,(H,47,48)/b50-49+/t25-,36?/m1/s1. The average molecular weight is 777 g/mol. The molecule has 0 amide bonds. The van der Waals surface area contributed by atoms with Gasteiger partial charge in [0.15, 0.2) is 16.5 Å². The minimum atomic E-state index is -0.505. The number of fused-ring (bicyclic) bond motifs is 2. The SMILES string of the molecule is COC1=CC=C[C@@H](C)C1Nc1nc(N(c2nc3ccccc3s2)c2ccccc2OC)cc(C)c1/N=N/c1c(C#N)c(C(C)(C)C)nn1-c1nc2ccccc2o1. The summed E-state index contributed by atoms with van der Waals surface area (Å²) < 4.78 is 20.3. The van der Waals surface area contributed by atoms with Crippen LogP contribution >= 0.6 is 11.3 Å². The highest BCUT2D eigenvalue weighted by Crippen LogP contribution is 2.45. The molecular weight excluding hydrogens is 737 g/mol. The Balaban J connectivity index is 1.33. The first kappa shape index (κ1) is 37.1. The van der Waals surface area contributed by atoms with Gasteiger partial charge in [-0.15, -0.1) is 10.2 Å². The first-order chi connectivity index (χ1) is 27.6. The number of hydrogen-bond acceptors (Lipinski definition) is 13. The molecule has 0 saturated heterocycles. The van der Waals surface area contributed by atoms with E-state index in [1.54, 1.807) is 25.6 Å². The Bertz CT molecular complexity index is 2700. The van der Waals surface area contributed by atoms with E-state index in [-0.39, 0.29) is 29.4 Å². The molecule has 4 heterocycles. The van der Waals surface area contributed by atoms with Crippen LogP contribution in [0.4, 0.5) is 34.0 Å². The van der Waals surface area contributed by atoms with Gasteiger partial charge in [0, 0.05) is 11.3 Å². The summed E-state index contributed by atoms with van der Waals surface area (Å²) in [6, 6.07) is 27.4. The zero-order valence-electron chi connectivity index (χ0n) is 32.6. The van der Waals surface area contributed by atoms with Crippen LogP contribution in [0.2, 0.25) is 0 Å². The first-order valence-electron chi connectivity index (χ1n) is 18.4. The zero-order valence-corrected chi connectivity index (χ0v) is 33.4. The number of nitriles is 1. The number of aryl methyl sites for hydroxylation is 1. The maximum atomic E-state index is 10.6. The third-order valence-electron chi connectivity index (χ3n) is 9.63. The van der Waals surface area contributed by atoms with E-state index >= 15 is 0 Å². The highest BCUT2D eigenvalue weighted by atomic mass is 32.1. The van der Waals surface area contributed by atoms with Crippen LogP contribution in [0.25, 0.3) is 27.3 Å². The smallest absolute Gasteiger partial charge is 0.325 e. The molecule has 8 rings (SSSR count). The van der Waals surface area contributed by atoms with Crippen molar-refractivity contribution in [3.05, 3.63) is 120 Å². The quantitative estimate of drug-likeness (QED) is 0.133. The molecule has 1 aliphatic rings. The topological polar surface area (TPSA) is 152 Å². The third kappa shape index (κ3) is 6.98. The van der Waals surface area contributed by atoms with Crippen LogP contribution in [0.1, 0.15) is 44.5 Å². The Morgan fingerprint density at radius 1 is 0.947 bits per heavy atom. The number of thiazole rings is 1. The number of pyridine rings is 1. The largest absolute Gasteiger partial charge is 0.499 e. The number of azo groups is 1. The van der Waals surface area contributed by atoms with Crippen molar-refractivity contribution in [1.29, 1.82) is 5.26 Å². The first-order valence-corrected chi connectivity index (χ1v) is 19.2. The predicted octanol–water partition coefficient (Wildman–Crippen LogP) is 10.9. The fourth-order valence-corrected chi connectivity index (χ4v) is 7.73. The number of ether oxygens (including phenoxy) is 2. The number of para-hydroxylation sites is 5. The van der Waals surface area contributed by atoms with Gasteiger partial charge < -0.3 is 19.2 Å². The number of benzene rings is 3. The lowest BCUT2D eigenvalue weighted by Crippen LogP contribution is -2.31. The Morgan fingerprint density at radius 3 is 2.44 bits per heavy atom. The summed E-state index contributed by atoms with van der Waals surface area (Å²) in [4.78, 5) is 17.0. The van der Waals surface area contributed by atoms with Gasteiger partial charge in [-0.1, -0.05) is 87.6 Å². The van der Waals surface area contributed by atoms with E-state index in [0.717, 1.165) is 27.2 Å². The molecule has 14 heteroatoms. The van der Waals surface area contributed by atoms with Gasteiger partial charge in [0.25, 0.3) is 0 Å². The Hall–Kier alpha value is -6.85. The fraction of sp³-hybridized carbons (Fsp3) is 0.233. The van der Waals surface area contributed by atoms with E-state index in [4.69, 9.17) is 39.2 Å². The second-order valence-electron chi connectivity index (χ2n) is 14.6. The monoisotopic (exact) mass is 776 g/mol. The number of anilines is 4. The summed E-state index contributed by atoms with van der Waals surface area (Å²) in [5.41, 5.74) is 4.34. The summed E-state index contributed by atoms with van der Waals surface area (Å²) in [6.07, 6.45) is 6.02. The minimum absolute atomic E-state index is 0.0372. The van der Waals surface area contributed by atoms with Crippen molar-refractivity contribution in [2.45, 2.75) is 46.1 Å². The van der Waals surface area contributed by atoms with Crippen LogP contribution in [-0.4, -0.2) is 45.0 Å². The number of allylic oxidation sites excluding steroid dienone is 2. The number of hydrogen-bond donors (Lipinski definition) is 1. The summed E-state index contributed by atoms with van der Waals surface area (Å²) in [5.74, 6) is 2.61. The second-order valence-corrected chi connectivity index (χ2v) is 15.6. The van der Waals surface area contributed by atoms with Gasteiger partial charge in [0.05, 0.1) is 41.9 Å². The van der Waals surface area contributed by atoms with Gasteiger partial charge in [-0.05, 0) is 61.0 Å². The van der Waals surface area contributed by atoms with E-state index in [1.807, 2.05) is 118 Å². The van der Waals surface area contributed by atoms with Crippen LogP contribution in [0.5, 0.6) is 5.75 Å². The molecule has 0 fully saturated rings. The molecule has 57 heavy (non-hydrogen) atoms. The van der Waals surface area contributed by atoms with E-state index in [2.05, 4.69) is 35.4 Å². The average Bonchev–Trinajstić information content (AvgIpc) is 3.93. The third-order valence-corrected chi connectivity index (χ3v) is 10.6. The van der Waals surface area contributed by atoms with Gasteiger partial charge in [-0.3, -0.25) is 4.90 Å². The summed E-state index contributed by atoms with van der Waals surface area (Å²) >= 11 is 1.55. The van der Waals surface area contributed by atoms with E-state index in [1.165, 1.54) is 4.68 Å². The Kier molecular flexibility index (Phi) is 9.76. The molecule has 1 N–H and O–H groups in total. The van der Waals surface area contributed by atoms with Gasteiger partial charge in [0.2, 0.25) is 5.82 Å². The maximum Gasteiger partial charge on any atom is 0.325 e. The molecular formula is C43H40N10O3S. The summed E-state index contributed by atoms with van der Waals surface area (Å²) in [5, 5.41) is 29.4. The number of nitrogens with zero attached hydrogens (tertiary/aromatic N) is 9. The highest BCUT2D eigenvalue weighted by molar-refractivity contribution is 7.22. The molecule has 1 unspecified atom stereocenters. The molecule has 1 aliphatic carbocycles. The van der Waals surface area contributed by atoms with Crippen LogP contribution in [0.15, 0.2) is 117 Å². The molecule has 7 aromatic rings.